The van der Waals surface area contributed by atoms with Crippen molar-refractivity contribution in [2.45, 2.75) is 26.2 Å². The number of carbonyl (C=O) groups excluding carboxylic acids is 1. The van der Waals surface area contributed by atoms with Crippen molar-refractivity contribution in [1.82, 2.24) is 18.8 Å². The minimum Gasteiger partial charge on any atom is -0.412 e. The minimum absolute atomic E-state index is 0.145. The Bertz CT molecular complexity index is 784. The number of hydrogen-bond donors (Lipinski definition) is 0. The second-order valence-electron chi connectivity index (χ2n) is 4.94. The number of nitrogens with zero attached hydrogens (tertiary/aromatic N) is 4. The Labute approximate surface area is 120 Å². The van der Waals surface area contributed by atoms with Gasteiger partial charge in [0.15, 0.2) is 11.2 Å². The van der Waals surface area contributed by atoms with Crippen LogP contribution < -0.4 is 16.1 Å². The molecule has 0 aromatic carbocycles. The standard InChI is InChI=1S/C13H18N4O4/c1-9(18)6-4-5-7-21-17-8-14-11-10(17)12(19)16(3)13(20)15(11)2/h8H,4-7H2,1-3H3. The first-order chi connectivity index (χ1) is 9.93. The van der Waals surface area contributed by atoms with Gasteiger partial charge in [0, 0.05) is 20.5 Å². The summed E-state index contributed by atoms with van der Waals surface area (Å²) in [6.07, 6.45) is 3.32. The Kier molecular flexibility index (Phi) is 4.25. The third kappa shape index (κ3) is 2.88. The van der Waals surface area contributed by atoms with Crippen LogP contribution in [-0.4, -0.2) is 31.2 Å². The van der Waals surface area contributed by atoms with Crippen molar-refractivity contribution >= 4 is 16.9 Å². The summed E-state index contributed by atoms with van der Waals surface area (Å²) in [6.45, 7) is 1.92. The lowest BCUT2D eigenvalue weighted by atomic mass is 10.2. The van der Waals surface area contributed by atoms with Crippen LogP contribution in [0.15, 0.2) is 15.9 Å². The van der Waals surface area contributed by atoms with Crippen molar-refractivity contribution in [2.75, 3.05) is 6.61 Å². The fourth-order valence-corrected chi connectivity index (χ4v) is 2.06. The van der Waals surface area contributed by atoms with Crippen molar-refractivity contribution < 1.29 is 9.63 Å². The molecule has 0 atom stereocenters. The molecule has 0 saturated heterocycles. The number of aromatic nitrogens is 4. The molecule has 2 rings (SSSR count). The van der Waals surface area contributed by atoms with E-state index >= 15 is 0 Å². The molecule has 0 fully saturated rings. The molecule has 0 spiro atoms. The van der Waals surface area contributed by atoms with Gasteiger partial charge >= 0.3 is 5.69 Å². The fourth-order valence-electron chi connectivity index (χ4n) is 2.06. The lowest BCUT2D eigenvalue weighted by molar-refractivity contribution is -0.117. The van der Waals surface area contributed by atoms with Gasteiger partial charge in [-0.1, -0.05) is 0 Å². The summed E-state index contributed by atoms with van der Waals surface area (Å²) in [5.41, 5.74) is -0.369. The van der Waals surface area contributed by atoms with Gasteiger partial charge in [-0.15, -0.1) is 0 Å². The molecule has 0 N–H and O–H groups in total. The van der Waals surface area contributed by atoms with Crippen LogP contribution >= 0.6 is 0 Å². The van der Waals surface area contributed by atoms with Gasteiger partial charge in [-0.25, -0.2) is 9.78 Å². The second-order valence-corrected chi connectivity index (χ2v) is 4.94. The van der Waals surface area contributed by atoms with E-state index in [9.17, 15) is 14.4 Å². The third-order valence-electron chi connectivity index (χ3n) is 3.27. The molecule has 0 bridgehead atoms. The molecule has 114 valence electrons. The van der Waals surface area contributed by atoms with Gasteiger partial charge in [-0.3, -0.25) is 13.9 Å². The highest BCUT2D eigenvalue weighted by molar-refractivity contribution is 5.75. The van der Waals surface area contributed by atoms with E-state index in [0.29, 0.717) is 19.4 Å². The molecule has 0 radical (unpaired) electrons. The van der Waals surface area contributed by atoms with Crippen molar-refractivity contribution in [3.63, 3.8) is 0 Å². The zero-order valence-corrected chi connectivity index (χ0v) is 12.3. The van der Waals surface area contributed by atoms with Crippen LogP contribution in [-0.2, 0) is 18.9 Å². The van der Waals surface area contributed by atoms with Gasteiger partial charge in [0.05, 0.1) is 0 Å². The van der Waals surface area contributed by atoms with E-state index in [1.165, 1.54) is 22.7 Å². The quantitative estimate of drug-likeness (QED) is 0.678. The molecule has 0 aliphatic heterocycles. The molecule has 8 heteroatoms. The maximum Gasteiger partial charge on any atom is 0.332 e. The van der Waals surface area contributed by atoms with Crippen LogP contribution in [0.1, 0.15) is 26.2 Å². The summed E-state index contributed by atoms with van der Waals surface area (Å²) in [5, 5.41) is 0. The number of imidazole rings is 1. The average Bonchev–Trinajstić information content (AvgIpc) is 2.86. The Balaban J connectivity index is 2.21. The second kappa shape index (κ2) is 5.94. The molecule has 0 amide bonds. The number of aryl methyl sites for hydroxylation is 1. The number of Topliss-reactive ketones (excluding diaryl/α,β-unsaturated/α-hetero) is 1. The van der Waals surface area contributed by atoms with E-state index in [0.717, 1.165) is 11.0 Å². The van der Waals surface area contributed by atoms with Gasteiger partial charge in [-0.05, 0) is 19.8 Å². The molecule has 0 saturated carbocycles. The third-order valence-corrected chi connectivity index (χ3v) is 3.27. The molecular formula is C13H18N4O4. The van der Waals surface area contributed by atoms with Crippen LogP contribution in [0.5, 0.6) is 0 Å². The highest BCUT2D eigenvalue weighted by Gasteiger charge is 2.14. The number of carbonyl (C=O) groups is 1. The van der Waals surface area contributed by atoms with Crippen molar-refractivity contribution in [2.24, 2.45) is 14.1 Å². The molecule has 2 heterocycles. The molecular weight excluding hydrogens is 276 g/mol. The first-order valence-corrected chi connectivity index (χ1v) is 6.69. The summed E-state index contributed by atoms with van der Waals surface area (Å²) in [6, 6.07) is 0. The first-order valence-electron chi connectivity index (χ1n) is 6.69. The highest BCUT2D eigenvalue weighted by Crippen LogP contribution is 2.04. The maximum absolute atomic E-state index is 12.1. The first kappa shape index (κ1) is 15.0. The van der Waals surface area contributed by atoms with E-state index in [4.69, 9.17) is 4.84 Å². The molecule has 8 nitrogen and oxygen atoms in total. The van der Waals surface area contributed by atoms with Crippen molar-refractivity contribution in [3.05, 3.63) is 27.2 Å². The molecule has 21 heavy (non-hydrogen) atoms. The predicted molar refractivity (Wildman–Crippen MR) is 76.2 cm³/mol. The van der Waals surface area contributed by atoms with Crippen LogP contribution in [0.3, 0.4) is 0 Å². The smallest absolute Gasteiger partial charge is 0.332 e. The molecule has 0 unspecified atom stereocenters. The van der Waals surface area contributed by atoms with E-state index < -0.39 is 11.2 Å². The zero-order chi connectivity index (χ0) is 15.6. The molecule has 2 aromatic rings. The van der Waals surface area contributed by atoms with Crippen LogP contribution in [0.25, 0.3) is 11.2 Å². The summed E-state index contributed by atoms with van der Waals surface area (Å²) < 4.78 is 3.59. The Morgan fingerprint density at radius 1 is 1.24 bits per heavy atom. The Morgan fingerprint density at radius 2 is 1.95 bits per heavy atom. The van der Waals surface area contributed by atoms with Gasteiger partial charge < -0.3 is 9.63 Å². The van der Waals surface area contributed by atoms with Gasteiger partial charge in [0.1, 0.15) is 18.7 Å². The average molecular weight is 294 g/mol. The largest absolute Gasteiger partial charge is 0.412 e. The summed E-state index contributed by atoms with van der Waals surface area (Å²) in [5.74, 6) is 0.145. The number of unbranched alkanes of at least 4 members (excludes halogenated alkanes) is 1. The molecule has 2 aromatic heterocycles. The van der Waals surface area contributed by atoms with Crippen LogP contribution in [0.4, 0.5) is 0 Å². The van der Waals surface area contributed by atoms with Crippen LogP contribution in [0, 0.1) is 0 Å². The normalized spacial score (nSPS) is 11.0. The number of ketones is 1. The topological polar surface area (TPSA) is 88.1 Å². The van der Waals surface area contributed by atoms with E-state index in [1.807, 2.05) is 0 Å². The number of hydrogen-bond acceptors (Lipinski definition) is 5. The summed E-state index contributed by atoms with van der Waals surface area (Å²) in [7, 11) is 2.96. The van der Waals surface area contributed by atoms with Gasteiger partial charge in [0.25, 0.3) is 5.56 Å². The maximum atomic E-state index is 12.1. The predicted octanol–water partition coefficient (Wildman–Crippen LogP) is -0.378. The molecule has 0 aliphatic carbocycles. The zero-order valence-electron chi connectivity index (χ0n) is 12.3. The number of fused-ring (bicyclic) bond motifs is 1. The molecule has 0 aliphatic rings. The van der Waals surface area contributed by atoms with Crippen molar-refractivity contribution in [3.8, 4) is 0 Å². The summed E-state index contributed by atoms with van der Waals surface area (Å²) in [4.78, 5) is 44.3. The SMILES string of the molecule is CC(=O)CCCCOn1cnc2c1c(=O)n(C)c(=O)n2C. The van der Waals surface area contributed by atoms with E-state index in [-0.39, 0.29) is 16.9 Å². The minimum atomic E-state index is -0.450. The van der Waals surface area contributed by atoms with Gasteiger partial charge in [0.2, 0.25) is 0 Å². The Hall–Kier alpha value is -2.38. The van der Waals surface area contributed by atoms with Crippen molar-refractivity contribution in [1.29, 1.82) is 0 Å². The Morgan fingerprint density at radius 3 is 2.62 bits per heavy atom. The fraction of sp³-hybridized carbons (Fsp3) is 0.538. The lowest BCUT2D eigenvalue weighted by Gasteiger charge is -2.08. The number of rotatable bonds is 6. The highest BCUT2D eigenvalue weighted by atomic mass is 16.7. The lowest BCUT2D eigenvalue weighted by Crippen LogP contribution is -2.38. The van der Waals surface area contributed by atoms with Gasteiger partial charge in [-0.2, -0.15) is 4.73 Å². The van der Waals surface area contributed by atoms with E-state index in [2.05, 4.69) is 4.98 Å². The summed E-state index contributed by atoms with van der Waals surface area (Å²) >= 11 is 0. The monoisotopic (exact) mass is 294 g/mol. The van der Waals surface area contributed by atoms with Crippen LogP contribution in [0.2, 0.25) is 0 Å². The van der Waals surface area contributed by atoms with E-state index in [1.54, 1.807) is 14.0 Å².